The molecule has 0 aliphatic carbocycles. The van der Waals surface area contributed by atoms with Crippen LogP contribution in [-0.2, 0) is 4.79 Å². The maximum absolute atomic E-state index is 11.7. The zero-order valence-electron chi connectivity index (χ0n) is 18.5. The molecule has 0 atom stereocenters. The summed E-state index contributed by atoms with van der Waals surface area (Å²) in [6.07, 6.45) is 35.8. The summed E-state index contributed by atoms with van der Waals surface area (Å²) in [7, 11) is 0. The van der Waals surface area contributed by atoms with Gasteiger partial charge >= 0.3 is 0 Å². The van der Waals surface area contributed by atoms with Gasteiger partial charge in [0.2, 0.25) is 0 Å². The van der Waals surface area contributed by atoms with Crippen molar-refractivity contribution in [3.8, 4) is 0 Å². The quantitative estimate of drug-likeness (QED) is 0.230. The van der Waals surface area contributed by atoms with Gasteiger partial charge in [0.1, 0.15) is 5.78 Å². The summed E-state index contributed by atoms with van der Waals surface area (Å²) in [5.74, 6) is 1.02. The lowest BCUT2D eigenvalue weighted by Gasteiger charge is -2.02. The van der Waals surface area contributed by atoms with Gasteiger partial charge < -0.3 is 0 Å². The van der Waals surface area contributed by atoms with Gasteiger partial charge in [0, 0.05) is 12.8 Å². The minimum Gasteiger partial charge on any atom is -0.300 e. The zero-order chi connectivity index (χ0) is 20.7. The molecular formula is C27H42O. The molecule has 0 amide bonds. The average molecular weight is 383 g/mol. The van der Waals surface area contributed by atoms with Crippen molar-refractivity contribution >= 4 is 5.78 Å². The Morgan fingerprint density at radius 2 is 1.00 bits per heavy atom. The third-order valence-corrected chi connectivity index (χ3v) is 4.19. The Morgan fingerprint density at radius 1 is 0.607 bits per heavy atom. The normalized spacial score (nSPS) is 13.1. The summed E-state index contributed by atoms with van der Waals surface area (Å²) in [6, 6.07) is 0. The van der Waals surface area contributed by atoms with E-state index in [1.54, 1.807) is 0 Å². The molecule has 0 spiro atoms. The summed E-state index contributed by atoms with van der Waals surface area (Å²) < 4.78 is 0. The van der Waals surface area contributed by atoms with Crippen LogP contribution in [0.1, 0.15) is 85.0 Å². The molecule has 1 nitrogen and oxygen atoms in total. The molecule has 0 unspecified atom stereocenters. The number of carbonyl (C=O) groups excluding carboxylic acids is 1. The molecule has 1 heteroatoms. The van der Waals surface area contributed by atoms with E-state index in [1.165, 1.54) is 0 Å². The van der Waals surface area contributed by atoms with E-state index < -0.39 is 0 Å². The van der Waals surface area contributed by atoms with Crippen LogP contribution < -0.4 is 0 Å². The lowest BCUT2D eigenvalue weighted by atomic mass is 10.0. The maximum Gasteiger partial charge on any atom is 0.133 e. The zero-order valence-corrected chi connectivity index (χ0v) is 18.5. The molecule has 0 aliphatic rings. The number of rotatable bonds is 17. The van der Waals surface area contributed by atoms with E-state index in [0.29, 0.717) is 18.1 Å². The monoisotopic (exact) mass is 382 g/mol. The number of hydrogen-bond acceptors (Lipinski definition) is 1. The van der Waals surface area contributed by atoms with Crippen molar-refractivity contribution in [3.63, 3.8) is 0 Å². The molecule has 0 aliphatic heterocycles. The smallest absolute Gasteiger partial charge is 0.133 e. The first kappa shape index (κ1) is 26.1. The molecule has 0 radical (unpaired) electrons. The van der Waals surface area contributed by atoms with Gasteiger partial charge in [-0.2, -0.15) is 0 Å². The van der Waals surface area contributed by atoms with Gasteiger partial charge in [-0.3, -0.25) is 4.79 Å². The van der Waals surface area contributed by atoms with Gasteiger partial charge in [0.25, 0.3) is 0 Å². The number of carbonyl (C=O) groups is 1. The van der Waals surface area contributed by atoms with Gasteiger partial charge in [-0.1, -0.05) is 93.7 Å². The summed E-state index contributed by atoms with van der Waals surface area (Å²) >= 11 is 0. The molecule has 0 rings (SSSR count). The maximum atomic E-state index is 11.7. The number of hydrogen-bond donors (Lipinski definition) is 0. The van der Waals surface area contributed by atoms with Crippen molar-refractivity contribution < 1.29 is 4.79 Å². The predicted octanol–water partition coefficient (Wildman–Crippen LogP) is 8.47. The Hall–Kier alpha value is -1.89. The molecular weight excluding hydrogens is 340 g/mol. The number of Topliss-reactive ketones (excluding diaryl/α,β-unsaturated/α-hetero) is 1. The highest BCUT2D eigenvalue weighted by molar-refractivity contribution is 5.78. The van der Waals surface area contributed by atoms with E-state index in [2.05, 4.69) is 93.7 Å². The fraction of sp³-hybridized carbons (Fsp3) is 0.519. The first-order valence-corrected chi connectivity index (χ1v) is 11.1. The second-order valence-electron chi connectivity index (χ2n) is 7.43. The van der Waals surface area contributed by atoms with Crippen LogP contribution in [0.5, 0.6) is 0 Å². The van der Waals surface area contributed by atoms with Crippen LogP contribution in [0.4, 0.5) is 0 Å². The van der Waals surface area contributed by atoms with Crippen LogP contribution in [0, 0.1) is 5.92 Å². The highest BCUT2D eigenvalue weighted by Crippen LogP contribution is 2.07. The molecule has 0 fully saturated rings. The highest BCUT2D eigenvalue weighted by atomic mass is 16.1. The summed E-state index contributed by atoms with van der Waals surface area (Å²) in [5, 5.41) is 0. The van der Waals surface area contributed by atoms with Gasteiger partial charge in [-0.15, -0.1) is 0 Å². The van der Waals surface area contributed by atoms with Crippen molar-refractivity contribution in [2.45, 2.75) is 85.0 Å². The average Bonchev–Trinajstić information content (AvgIpc) is 2.68. The van der Waals surface area contributed by atoms with Crippen molar-refractivity contribution in [1.29, 1.82) is 0 Å². The van der Waals surface area contributed by atoms with E-state index in [9.17, 15) is 4.79 Å². The van der Waals surface area contributed by atoms with Crippen molar-refractivity contribution in [1.82, 2.24) is 0 Å². The van der Waals surface area contributed by atoms with Gasteiger partial charge in [0.05, 0.1) is 0 Å². The molecule has 28 heavy (non-hydrogen) atoms. The Balaban J connectivity index is 3.57. The molecule has 0 aromatic heterocycles. The lowest BCUT2D eigenvalue weighted by molar-refractivity contribution is -0.119. The molecule has 0 heterocycles. The minimum absolute atomic E-state index is 0.397. The molecule has 0 saturated heterocycles. The van der Waals surface area contributed by atoms with Crippen LogP contribution in [0.2, 0.25) is 0 Å². The predicted molar refractivity (Wildman–Crippen MR) is 127 cm³/mol. The molecule has 0 saturated carbocycles. The largest absolute Gasteiger partial charge is 0.300 e. The van der Waals surface area contributed by atoms with E-state index in [-0.39, 0.29) is 0 Å². The Morgan fingerprint density at radius 3 is 1.39 bits per heavy atom. The van der Waals surface area contributed by atoms with E-state index in [4.69, 9.17) is 0 Å². The van der Waals surface area contributed by atoms with Crippen molar-refractivity contribution in [2.75, 3.05) is 0 Å². The first-order chi connectivity index (χ1) is 13.7. The van der Waals surface area contributed by atoms with E-state index in [0.717, 1.165) is 57.8 Å². The highest BCUT2D eigenvalue weighted by Gasteiger charge is 2.01. The van der Waals surface area contributed by atoms with Gasteiger partial charge in [-0.25, -0.2) is 0 Å². The lowest BCUT2D eigenvalue weighted by Crippen LogP contribution is -1.99. The van der Waals surface area contributed by atoms with Crippen LogP contribution >= 0.6 is 0 Å². The second-order valence-corrected chi connectivity index (χ2v) is 7.43. The molecule has 0 bridgehead atoms. The number of allylic oxidation sites excluding steroid dienone is 12. The van der Waals surface area contributed by atoms with Crippen LogP contribution in [0.25, 0.3) is 0 Å². The molecule has 0 aromatic carbocycles. The van der Waals surface area contributed by atoms with Crippen molar-refractivity contribution in [3.05, 3.63) is 72.9 Å². The van der Waals surface area contributed by atoms with Crippen LogP contribution in [0.3, 0.4) is 0 Å². The Kier molecular flexibility index (Phi) is 20.0. The van der Waals surface area contributed by atoms with E-state index in [1.807, 2.05) is 0 Å². The molecule has 156 valence electrons. The summed E-state index contributed by atoms with van der Waals surface area (Å²) in [5.41, 5.74) is 0. The summed E-state index contributed by atoms with van der Waals surface area (Å²) in [4.78, 5) is 11.7. The SMILES string of the molecule is CC/C=C\C/C=C\C/C=C\C/C=C\C/C=C\C/C=C\CCC(=O)CCC(C)C. The fourth-order valence-corrected chi connectivity index (χ4v) is 2.46. The van der Waals surface area contributed by atoms with E-state index >= 15 is 0 Å². The third-order valence-electron chi connectivity index (χ3n) is 4.19. The van der Waals surface area contributed by atoms with Crippen molar-refractivity contribution in [2.24, 2.45) is 5.92 Å². The summed E-state index contributed by atoms with van der Waals surface area (Å²) in [6.45, 7) is 6.49. The molecule has 0 aromatic rings. The number of ketones is 1. The standard InChI is InChI=1S/C27H42O/c1-4-5-6-7-8-9-10-11-12-13-14-15-16-17-18-19-20-21-22-23-27(28)25-24-26(2)3/h5-6,8-9,11-12,14-15,17-18,20-21,26H,4,7,10,13,16,19,22-25H2,1-3H3/b6-5-,9-8-,12-11-,15-14-,18-17-,21-20-. The van der Waals surface area contributed by atoms with Gasteiger partial charge in [0.15, 0.2) is 0 Å². The van der Waals surface area contributed by atoms with Gasteiger partial charge in [-0.05, 0) is 57.3 Å². The Labute approximate surface area is 174 Å². The first-order valence-electron chi connectivity index (χ1n) is 11.1. The topological polar surface area (TPSA) is 17.1 Å². The van der Waals surface area contributed by atoms with Crippen LogP contribution in [0.15, 0.2) is 72.9 Å². The third kappa shape index (κ3) is 22.2. The second kappa shape index (κ2) is 21.4. The Bertz CT molecular complexity index is 526. The fourth-order valence-electron chi connectivity index (χ4n) is 2.46. The molecule has 0 N–H and O–H groups in total. The minimum atomic E-state index is 0.397. The van der Waals surface area contributed by atoms with Crippen LogP contribution in [-0.4, -0.2) is 5.78 Å².